The number of pyridine rings is 1. The zero-order valence-electron chi connectivity index (χ0n) is 50.0. The van der Waals surface area contributed by atoms with Gasteiger partial charge in [0, 0.05) is 11.3 Å². The molecule has 6 nitrogen and oxygen atoms in total. The SMILES string of the molecule is CC(C)(C)c1cc(-c2cc(C(C)(C)C)cc(-c3ccccc3)c2-n2[c](=[Pt])n(-c3[c-]c(Oc4ccc5c(n4)N4B6c7c(cccc7-5)-c5ccccc5N6c5ccc[c-]c54)c(-c4ccccc4C(C)(C)C)cc3)c3ccccc32)cc(C(C)(C)C)c1. The molecule has 0 radical (unpaired) electrons. The Balaban J connectivity index is 0.998. The third-order valence-corrected chi connectivity index (χ3v) is 18.3. The Bertz CT molecular complexity index is 4530. The monoisotopic (exact) mass is 1270 g/mol. The molecule has 3 aliphatic rings. The first-order valence-electron chi connectivity index (χ1n) is 29.4. The van der Waals surface area contributed by atoms with E-state index in [0.717, 1.165) is 65.7 Å². The Morgan fingerprint density at radius 2 is 1.02 bits per heavy atom. The number of aromatic nitrogens is 3. The average molecular weight is 1270 g/mol. The number of para-hydroxylation sites is 4. The minimum absolute atomic E-state index is 0.0845. The van der Waals surface area contributed by atoms with Crippen LogP contribution in [0.2, 0.25) is 0 Å². The molecule has 0 aliphatic carbocycles. The van der Waals surface area contributed by atoms with Gasteiger partial charge in [0.05, 0.1) is 0 Å². The molecule has 9 aromatic carbocycles. The molecule has 11 aromatic rings. The molecule has 84 heavy (non-hydrogen) atoms. The molecular weight excluding hydrogens is 1200 g/mol. The van der Waals surface area contributed by atoms with Gasteiger partial charge in [-0.05, 0) is 11.6 Å². The molecule has 0 bridgehead atoms. The van der Waals surface area contributed by atoms with Crippen LogP contribution in [0.15, 0.2) is 194 Å². The maximum absolute atomic E-state index is 7.38. The second kappa shape index (κ2) is 19.4. The Morgan fingerprint density at radius 3 is 1.71 bits per heavy atom. The number of hydrogen-bond donors (Lipinski definition) is 0. The van der Waals surface area contributed by atoms with E-state index in [1.807, 2.05) is 12.1 Å². The third kappa shape index (κ3) is 8.71. The van der Waals surface area contributed by atoms with Gasteiger partial charge in [-0.25, -0.2) is 0 Å². The predicted molar refractivity (Wildman–Crippen MR) is 346 cm³/mol. The van der Waals surface area contributed by atoms with Crippen molar-refractivity contribution in [3.8, 4) is 78.6 Å². The summed E-state index contributed by atoms with van der Waals surface area (Å²) in [6.07, 6.45) is 0. The number of imidazole rings is 1. The van der Waals surface area contributed by atoms with Gasteiger partial charge in [0.2, 0.25) is 0 Å². The normalized spacial score (nSPS) is 13.5. The van der Waals surface area contributed by atoms with E-state index >= 15 is 0 Å². The van der Waals surface area contributed by atoms with Crippen LogP contribution in [0.5, 0.6) is 11.6 Å². The van der Waals surface area contributed by atoms with Crippen LogP contribution in [0.25, 0.3) is 78.0 Å². The van der Waals surface area contributed by atoms with E-state index < -0.39 is 0 Å². The molecule has 2 aromatic heterocycles. The Kier molecular flexibility index (Phi) is 12.4. The first kappa shape index (κ1) is 53.7. The van der Waals surface area contributed by atoms with Gasteiger partial charge in [-0.15, -0.1) is 6.07 Å². The van der Waals surface area contributed by atoms with Gasteiger partial charge in [0.25, 0.3) is 0 Å². The maximum atomic E-state index is 7.38. The van der Waals surface area contributed by atoms with Gasteiger partial charge in [-0.1, -0.05) is 30.3 Å². The van der Waals surface area contributed by atoms with E-state index in [1.54, 1.807) is 0 Å². The van der Waals surface area contributed by atoms with Crippen molar-refractivity contribution in [3.63, 3.8) is 0 Å². The summed E-state index contributed by atoms with van der Waals surface area (Å²) in [5, 5.41) is 0. The first-order valence-corrected chi connectivity index (χ1v) is 30.5. The predicted octanol–water partition coefficient (Wildman–Crippen LogP) is 19.1. The zero-order valence-corrected chi connectivity index (χ0v) is 52.3. The standard InChI is InChI=1S/C76H68BN5O.Pt/c1-73(2,3)50-41-49(42-51(43-50)74(4,5)6)61-45-52(75(7,8)9)44-60(48-25-14-13-15-26-48)71(61)80-47-79(64-33-20-21-34-65(64)80)53-37-38-56(54-27-16-18-31-62(54)76(10,11)12)68(46-53)83-69-40-39-59-58-30-24-29-57-55-28-17-19-32-63(55)81-66-35-22-23-36-67(66)82(72(59)78-69)77(81)70(57)58;/h13-35,37-45H,1-12H3;/q-2;. The molecule has 5 heterocycles. The number of nitrogens with zero attached hydrogens (tertiary/aromatic N) is 5. The van der Waals surface area contributed by atoms with Crippen LogP contribution < -0.4 is 19.8 Å². The van der Waals surface area contributed by atoms with Gasteiger partial charge in [0.15, 0.2) is 0 Å². The molecule has 3 aliphatic heterocycles. The van der Waals surface area contributed by atoms with Crippen molar-refractivity contribution in [2.75, 3.05) is 9.62 Å². The number of ether oxygens (including phenoxy) is 1. The molecule has 0 atom stereocenters. The van der Waals surface area contributed by atoms with Crippen molar-refractivity contribution in [2.24, 2.45) is 0 Å². The van der Waals surface area contributed by atoms with Crippen molar-refractivity contribution in [2.45, 2.75) is 105 Å². The second-order valence-electron chi connectivity index (χ2n) is 27.0. The van der Waals surface area contributed by atoms with Gasteiger partial charge in [-0.3, -0.25) is 0 Å². The summed E-state index contributed by atoms with van der Waals surface area (Å²) in [5.41, 5.74) is 24.7. The first-order chi connectivity index (χ1) is 40.1. The molecule has 0 amide bonds. The average Bonchev–Trinajstić information content (AvgIpc) is 1.52. The van der Waals surface area contributed by atoms with E-state index in [-0.39, 0.29) is 28.6 Å². The molecule has 0 N–H and O–H groups in total. The Hall–Kier alpha value is -8.25. The number of anilines is 4. The molecule has 0 spiro atoms. The summed E-state index contributed by atoms with van der Waals surface area (Å²) in [4.78, 5) is 10.4. The van der Waals surface area contributed by atoms with E-state index in [1.165, 1.54) is 66.8 Å². The van der Waals surface area contributed by atoms with Crippen LogP contribution >= 0.6 is 0 Å². The van der Waals surface area contributed by atoms with Crippen molar-refractivity contribution in [3.05, 3.63) is 232 Å². The van der Waals surface area contributed by atoms with E-state index in [4.69, 9.17) is 9.72 Å². The van der Waals surface area contributed by atoms with Crippen LogP contribution in [0.1, 0.15) is 105 Å². The Labute approximate surface area is 506 Å². The summed E-state index contributed by atoms with van der Waals surface area (Å²) < 4.78 is 13.2. The van der Waals surface area contributed by atoms with Gasteiger partial charge >= 0.3 is 438 Å². The van der Waals surface area contributed by atoms with Crippen LogP contribution in [0, 0.1) is 15.9 Å². The van der Waals surface area contributed by atoms with Crippen LogP contribution in [0.3, 0.4) is 0 Å². The summed E-state index contributed by atoms with van der Waals surface area (Å²) >= 11 is 2.57. The van der Waals surface area contributed by atoms with Gasteiger partial charge in [-0.2, -0.15) is 12.1 Å². The Morgan fingerprint density at radius 1 is 0.452 bits per heavy atom. The number of fused-ring (bicyclic) bond motifs is 10. The molecule has 0 unspecified atom stereocenters. The second-order valence-corrected chi connectivity index (χ2v) is 28.1. The number of benzene rings is 9. The molecule has 14 rings (SSSR count). The summed E-state index contributed by atoms with van der Waals surface area (Å²) in [5.74, 6) is 1.90. The van der Waals surface area contributed by atoms with Crippen molar-refractivity contribution < 1.29 is 24.1 Å². The topological polar surface area (TPSA) is 38.5 Å². The summed E-state index contributed by atoms with van der Waals surface area (Å²) in [6.45, 7) is 27.6. The molecule has 0 saturated heterocycles. The van der Waals surface area contributed by atoms with Gasteiger partial charge in [0.1, 0.15) is 0 Å². The van der Waals surface area contributed by atoms with Crippen molar-refractivity contribution in [1.82, 2.24) is 14.1 Å². The number of hydrogen-bond acceptors (Lipinski definition) is 4. The zero-order chi connectivity index (χ0) is 58.4. The van der Waals surface area contributed by atoms with Crippen LogP contribution in [0.4, 0.5) is 22.9 Å². The van der Waals surface area contributed by atoms with Crippen LogP contribution in [-0.4, -0.2) is 21.1 Å². The fourth-order valence-corrected chi connectivity index (χ4v) is 14.0. The van der Waals surface area contributed by atoms with E-state index in [0.29, 0.717) is 11.6 Å². The molecule has 418 valence electrons. The number of rotatable bonds is 7. The van der Waals surface area contributed by atoms with E-state index in [9.17, 15) is 0 Å². The molecule has 8 heteroatoms. The van der Waals surface area contributed by atoms with Crippen molar-refractivity contribution in [1.29, 1.82) is 0 Å². The van der Waals surface area contributed by atoms with Crippen molar-refractivity contribution >= 4 is 46.4 Å². The van der Waals surface area contributed by atoms with Gasteiger partial charge < -0.3 is 0 Å². The quantitative estimate of drug-likeness (QED) is 0.118. The molecule has 0 saturated carbocycles. The van der Waals surface area contributed by atoms with Crippen LogP contribution in [-0.2, 0) is 41.0 Å². The minimum atomic E-state index is -0.165. The summed E-state index contributed by atoms with van der Waals surface area (Å²) in [6, 6.07) is 78.8. The summed E-state index contributed by atoms with van der Waals surface area (Å²) in [7, 11) is 0. The fraction of sp³-hybridized carbons (Fsp3) is 0.211. The van der Waals surface area contributed by atoms with E-state index in [2.05, 4.69) is 315 Å². The fourth-order valence-electron chi connectivity index (χ4n) is 13.0. The molecular formula is C76H68BN5OPt-2. The molecule has 0 fully saturated rings. The third-order valence-electron chi connectivity index (χ3n) is 17.3.